The van der Waals surface area contributed by atoms with Crippen LogP contribution in [-0.4, -0.2) is 17.2 Å². The van der Waals surface area contributed by atoms with Crippen molar-refractivity contribution in [3.8, 4) is 0 Å². The van der Waals surface area contributed by atoms with Crippen molar-refractivity contribution >= 4 is 10.3 Å². The first-order valence-corrected chi connectivity index (χ1v) is 2.61. The Bertz CT molecular complexity index is 194. The van der Waals surface area contributed by atoms with Gasteiger partial charge in [-0.1, -0.05) is 0 Å². The molecule has 0 heterocycles. The van der Waals surface area contributed by atoms with Crippen LogP contribution in [0, 0.1) is 10.4 Å². The number of hydrogen-bond acceptors (Lipinski definition) is 6. The number of hydrogen-bond donors (Lipinski definition) is 0. The van der Waals surface area contributed by atoms with Crippen LogP contribution >= 0.6 is 0 Å². The molecule has 10 heavy (non-hydrogen) atoms. The van der Waals surface area contributed by atoms with Crippen molar-refractivity contribution in [2.75, 3.05) is 0 Å². The van der Waals surface area contributed by atoms with Crippen molar-refractivity contribution in [1.82, 2.24) is 0 Å². The van der Waals surface area contributed by atoms with Gasteiger partial charge in [-0.05, 0) is 5.28 Å². The van der Waals surface area contributed by atoms with E-state index in [1.165, 1.54) is 5.28 Å². The molecule has 0 aromatic rings. The minimum atomic E-state index is -5.20. The van der Waals surface area contributed by atoms with Gasteiger partial charge in [0.05, 0.1) is 0 Å². The molecular weight excluding hydrogens is 186 g/mol. The summed E-state index contributed by atoms with van der Waals surface area (Å²) >= 11 is 0. The normalized spacial score (nSPS) is 11.1. The third kappa shape index (κ3) is 7.22. The van der Waals surface area contributed by atoms with Crippen LogP contribution in [0.3, 0.4) is 0 Å². The van der Waals surface area contributed by atoms with Gasteiger partial charge in [-0.2, -0.15) is 8.42 Å². The summed E-state index contributed by atoms with van der Waals surface area (Å²) in [7, 11) is -5.20. The molecule has 0 radical (unpaired) electrons. The van der Waals surface area contributed by atoms with Gasteiger partial charge in [0, 0.05) is 4.27 Å². The fourth-order valence-corrected chi connectivity index (χ4v) is 0.122. The summed E-state index contributed by atoms with van der Waals surface area (Å²) in [6.45, 7) is 0. The molecule has 0 amide bonds. The van der Waals surface area contributed by atoms with Gasteiger partial charge in [0.1, 0.15) is 0 Å². The standard InChI is InChI=1S/H2N2O5S.2Na/c3-1-2(4)8(5,6)7;;/h3H,(H,5,6,7);;/q;2*+1/p-2/b2-1+;;. The summed E-state index contributed by atoms with van der Waals surface area (Å²) in [5.74, 6) is 0. The molecular formula is N2Na2O5S. The molecule has 0 fully saturated rings. The summed E-state index contributed by atoms with van der Waals surface area (Å²) < 4.78 is 26.5. The average Bonchev–Trinajstić information content (AvgIpc) is 1.62. The third-order valence-corrected chi connectivity index (χ3v) is 0.707. The molecule has 0 unspecified atom stereocenters. The van der Waals surface area contributed by atoms with E-state index < -0.39 is 14.6 Å². The molecule has 7 nitrogen and oxygen atoms in total. The van der Waals surface area contributed by atoms with Gasteiger partial charge in [-0.25, -0.2) is 0 Å². The fourth-order valence-electron chi connectivity index (χ4n) is 0.0408. The predicted molar refractivity (Wildman–Crippen MR) is 19.1 cm³/mol. The van der Waals surface area contributed by atoms with Crippen LogP contribution in [-0.2, 0) is 10.3 Å². The molecule has 0 aromatic heterocycles. The van der Waals surface area contributed by atoms with Gasteiger partial charge < -0.3 is 15.0 Å². The Morgan fingerprint density at radius 3 is 1.60 bits per heavy atom. The maximum Gasteiger partial charge on any atom is 1.00 e. The maximum atomic E-state index is 9.37. The zero-order valence-electron chi connectivity index (χ0n) is 5.34. The van der Waals surface area contributed by atoms with Gasteiger partial charge in [0.25, 0.3) is 0 Å². The summed E-state index contributed by atoms with van der Waals surface area (Å²) in [6, 6.07) is 0. The fraction of sp³-hybridized carbons (Fsp3) is 0. The summed E-state index contributed by atoms with van der Waals surface area (Å²) in [5.41, 5.74) is 0. The van der Waals surface area contributed by atoms with Crippen LogP contribution in [0.4, 0.5) is 0 Å². The first kappa shape index (κ1) is 17.3. The average molecular weight is 186 g/mol. The molecule has 0 rings (SSSR count). The van der Waals surface area contributed by atoms with Crippen molar-refractivity contribution < 1.29 is 76.4 Å². The molecule has 0 atom stereocenters. The van der Waals surface area contributed by atoms with Crippen molar-refractivity contribution in [1.29, 1.82) is 0 Å². The monoisotopic (exact) mass is 186 g/mol. The number of rotatable bonds is 1. The van der Waals surface area contributed by atoms with Gasteiger partial charge in [-0.15, -0.1) is 0 Å². The number of nitrogens with zero attached hydrogens (tertiary/aromatic N) is 2. The van der Waals surface area contributed by atoms with Crippen LogP contribution in [0.5, 0.6) is 0 Å². The van der Waals surface area contributed by atoms with Crippen LogP contribution in [0.15, 0.2) is 5.28 Å². The molecule has 0 saturated carbocycles. The van der Waals surface area contributed by atoms with E-state index in [2.05, 4.69) is 0 Å². The van der Waals surface area contributed by atoms with E-state index in [1.807, 2.05) is 0 Å². The quantitative estimate of drug-likeness (QED) is 0.132. The minimum Gasteiger partial charge on any atom is -0.738 e. The van der Waals surface area contributed by atoms with Crippen LogP contribution in [0.1, 0.15) is 0 Å². The van der Waals surface area contributed by atoms with Crippen molar-refractivity contribution in [2.24, 2.45) is 5.28 Å². The summed E-state index contributed by atoms with van der Waals surface area (Å²) in [5, 5.41) is 19.6. The Morgan fingerprint density at radius 1 is 1.30 bits per heavy atom. The minimum absolute atomic E-state index is 0. The summed E-state index contributed by atoms with van der Waals surface area (Å²) in [6.07, 6.45) is 0. The van der Waals surface area contributed by atoms with Crippen LogP contribution in [0.2, 0.25) is 0 Å². The molecule has 0 spiro atoms. The van der Waals surface area contributed by atoms with E-state index in [9.17, 15) is 18.2 Å². The van der Waals surface area contributed by atoms with Gasteiger partial charge in [0.15, 0.2) is 0 Å². The van der Waals surface area contributed by atoms with E-state index in [1.54, 1.807) is 0 Å². The smallest absolute Gasteiger partial charge is 0.738 e. The SMILES string of the molecule is O=S(=O)([O-])/[N+]([O-])=N/[O-].[Na+].[Na+]. The van der Waals surface area contributed by atoms with E-state index in [4.69, 9.17) is 5.21 Å². The zero-order chi connectivity index (χ0) is 6.78. The topological polar surface area (TPSA) is 119 Å². The van der Waals surface area contributed by atoms with Crippen LogP contribution < -0.4 is 59.1 Å². The molecule has 0 aromatic carbocycles. The van der Waals surface area contributed by atoms with Crippen molar-refractivity contribution in [3.63, 3.8) is 0 Å². The predicted octanol–water partition coefficient (Wildman–Crippen LogP) is -7.09. The maximum absolute atomic E-state index is 9.37. The molecule has 0 N–H and O–H groups in total. The van der Waals surface area contributed by atoms with E-state index in [0.717, 1.165) is 0 Å². The Balaban J connectivity index is -0.000000245. The third-order valence-electron chi connectivity index (χ3n) is 0.258. The van der Waals surface area contributed by atoms with Gasteiger partial charge in [-0.3, -0.25) is 0 Å². The Hall–Kier alpha value is 1.11. The second-order valence-corrected chi connectivity index (χ2v) is 1.92. The molecule has 0 bridgehead atoms. The molecule has 0 aliphatic rings. The van der Waals surface area contributed by atoms with Gasteiger partial charge in [0.2, 0.25) is 0 Å². The molecule has 10 heteroatoms. The largest absolute Gasteiger partial charge is 1.00 e. The van der Waals surface area contributed by atoms with Crippen LogP contribution in [0.25, 0.3) is 0 Å². The molecule has 0 saturated heterocycles. The van der Waals surface area contributed by atoms with E-state index in [0.29, 0.717) is 0 Å². The Labute approximate surface area is 101 Å². The zero-order valence-corrected chi connectivity index (χ0v) is 10.2. The van der Waals surface area contributed by atoms with Gasteiger partial charge >= 0.3 is 69.4 Å². The Kier molecular flexibility index (Phi) is 11.7. The van der Waals surface area contributed by atoms with E-state index >= 15 is 0 Å². The Morgan fingerprint density at radius 2 is 1.60 bits per heavy atom. The molecule has 0 aliphatic carbocycles. The second-order valence-electron chi connectivity index (χ2n) is 0.747. The first-order chi connectivity index (χ1) is 3.48. The molecule has 0 aliphatic heterocycles. The van der Waals surface area contributed by atoms with E-state index in [-0.39, 0.29) is 59.1 Å². The van der Waals surface area contributed by atoms with Crippen molar-refractivity contribution in [3.05, 3.63) is 10.4 Å². The second kappa shape index (κ2) is 6.80. The molecule has 48 valence electrons. The first-order valence-electron chi connectivity index (χ1n) is 1.25. The summed E-state index contributed by atoms with van der Waals surface area (Å²) in [4.78, 5) is 0. The van der Waals surface area contributed by atoms with Crippen molar-refractivity contribution in [2.45, 2.75) is 0 Å².